The van der Waals surface area contributed by atoms with Crippen molar-refractivity contribution in [3.63, 3.8) is 0 Å². The molecular formula is C15H16N4O2S2. The fraction of sp³-hybridized carbons (Fsp3) is 0.267. The average Bonchev–Trinajstić information content (AvgIpc) is 2.94. The zero-order valence-corrected chi connectivity index (χ0v) is 14.1. The molecule has 0 aliphatic heterocycles. The molecule has 2 heterocycles. The van der Waals surface area contributed by atoms with E-state index in [1.165, 1.54) is 17.3 Å². The van der Waals surface area contributed by atoms with Crippen molar-refractivity contribution < 1.29 is 5.11 Å². The lowest BCUT2D eigenvalue weighted by Gasteiger charge is -2.12. The van der Waals surface area contributed by atoms with Gasteiger partial charge in [0.15, 0.2) is 15.8 Å². The Bertz CT molecular complexity index is 848. The van der Waals surface area contributed by atoms with Crippen LogP contribution in [0.5, 0.6) is 0 Å². The number of aromatic nitrogens is 3. The highest BCUT2D eigenvalue weighted by molar-refractivity contribution is 7.98. The van der Waals surface area contributed by atoms with Gasteiger partial charge in [-0.2, -0.15) is 0 Å². The summed E-state index contributed by atoms with van der Waals surface area (Å²) in [6, 6.07) is 9.90. The minimum absolute atomic E-state index is 0.0215. The Morgan fingerprint density at radius 3 is 2.87 bits per heavy atom. The summed E-state index contributed by atoms with van der Waals surface area (Å²) in [7, 11) is 0. The molecule has 1 aromatic carbocycles. The highest BCUT2D eigenvalue weighted by Crippen LogP contribution is 2.26. The molecule has 0 spiro atoms. The van der Waals surface area contributed by atoms with Crippen LogP contribution in [-0.4, -0.2) is 32.7 Å². The molecule has 23 heavy (non-hydrogen) atoms. The van der Waals surface area contributed by atoms with Crippen LogP contribution in [0, 0.1) is 0 Å². The average molecular weight is 348 g/mol. The predicted molar refractivity (Wildman–Crippen MR) is 94.2 cm³/mol. The van der Waals surface area contributed by atoms with Crippen LogP contribution in [0.25, 0.3) is 10.3 Å². The first-order valence-electron chi connectivity index (χ1n) is 7.10. The normalized spacial score (nSPS) is 12.4. The number of rotatable bonds is 6. The third-order valence-electron chi connectivity index (χ3n) is 3.14. The van der Waals surface area contributed by atoms with Gasteiger partial charge in [0.05, 0.1) is 6.61 Å². The molecule has 1 atom stereocenters. The van der Waals surface area contributed by atoms with Crippen molar-refractivity contribution in [3.05, 3.63) is 45.6 Å². The lowest BCUT2D eigenvalue weighted by Crippen LogP contribution is -2.20. The first-order chi connectivity index (χ1) is 11.2. The van der Waals surface area contributed by atoms with E-state index >= 15 is 0 Å². The van der Waals surface area contributed by atoms with Gasteiger partial charge in [-0.25, -0.2) is 9.97 Å². The number of benzene rings is 1. The van der Waals surface area contributed by atoms with E-state index in [-0.39, 0.29) is 17.5 Å². The molecule has 3 aromatic rings. The lowest BCUT2D eigenvalue weighted by atomic mass is 10.2. The van der Waals surface area contributed by atoms with Crippen molar-refractivity contribution in [1.82, 2.24) is 15.0 Å². The molecular weight excluding hydrogens is 332 g/mol. The number of nitrogens with zero attached hydrogens (tertiary/aromatic N) is 2. The smallest absolute Gasteiger partial charge is 0.307 e. The monoisotopic (exact) mass is 348 g/mol. The number of fused-ring (bicyclic) bond motifs is 1. The fourth-order valence-electron chi connectivity index (χ4n) is 1.99. The summed E-state index contributed by atoms with van der Waals surface area (Å²) in [6.07, 6.45) is 0. The molecule has 3 N–H and O–H groups in total. The van der Waals surface area contributed by atoms with E-state index in [0.29, 0.717) is 21.3 Å². The fourth-order valence-corrected chi connectivity index (χ4v) is 3.56. The van der Waals surface area contributed by atoms with Crippen LogP contribution < -0.4 is 10.2 Å². The summed E-state index contributed by atoms with van der Waals surface area (Å²) in [5, 5.41) is 12.9. The Morgan fingerprint density at radius 1 is 1.35 bits per heavy atom. The van der Waals surface area contributed by atoms with Crippen molar-refractivity contribution in [2.45, 2.75) is 23.9 Å². The topological polar surface area (TPSA) is 90.9 Å². The summed E-state index contributed by atoms with van der Waals surface area (Å²) in [5.41, 5.74) is 1.77. The van der Waals surface area contributed by atoms with Crippen LogP contribution in [-0.2, 0) is 5.75 Å². The van der Waals surface area contributed by atoms with E-state index in [2.05, 4.69) is 20.3 Å². The quantitative estimate of drug-likeness (QED) is 0.468. The maximum absolute atomic E-state index is 11.6. The van der Waals surface area contributed by atoms with E-state index in [1.807, 2.05) is 37.3 Å². The third kappa shape index (κ3) is 3.90. The molecule has 120 valence electrons. The van der Waals surface area contributed by atoms with Gasteiger partial charge in [-0.3, -0.25) is 4.79 Å². The van der Waals surface area contributed by atoms with Crippen molar-refractivity contribution in [2.24, 2.45) is 0 Å². The largest absolute Gasteiger partial charge is 0.394 e. The van der Waals surface area contributed by atoms with Crippen LogP contribution in [0.2, 0.25) is 0 Å². The number of anilines is 1. The Morgan fingerprint density at radius 2 is 2.13 bits per heavy atom. The first-order valence-corrected chi connectivity index (χ1v) is 8.91. The van der Waals surface area contributed by atoms with E-state index < -0.39 is 0 Å². The van der Waals surface area contributed by atoms with Gasteiger partial charge in [0.2, 0.25) is 0 Å². The summed E-state index contributed by atoms with van der Waals surface area (Å²) in [4.78, 5) is 23.7. The molecule has 0 radical (unpaired) electrons. The molecule has 0 bridgehead atoms. The Hall–Kier alpha value is -1.90. The standard InChI is InChI=1S/C15H16N4O2S2/c1-9(7-20)16-12-11-13(23-15(21)17-11)19-14(18-12)22-8-10-5-3-2-4-6-10/h2-6,9,20H,7-8H2,1H3,(H,17,21)(H,16,18,19)/t9-/m1/s1. The van der Waals surface area contributed by atoms with E-state index in [0.717, 1.165) is 17.1 Å². The van der Waals surface area contributed by atoms with Gasteiger partial charge in [0, 0.05) is 11.8 Å². The molecule has 0 aliphatic carbocycles. The van der Waals surface area contributed by atoms with Crippen LogP contribution in [0.15, 0.2) is 40.3 Å². The highest BCUT2D eigenvalue weighted by Gasteiger charge is 2.13. The Labute approximate surface area is 141 Å². The Balaban J connectivity index is 1.89. The van der Waals surface area contributed by atoms with E-state index in [9.17, 15) is 9.90 Å². The third-order valence-corrected chi connectivity index (χ3v) is 4.83. The van der Waals surface area contributed by atoms with Crippen molar-refractivity contribution in [2.75, 3.05) is 11.9 Å². The second-order valence-electron chi connectivity index (χ2n) is 5.05. The molecule has 0 fully saturated rings. The SMILES string of the molecule is C[C@H](CO)Nc1nc(SCc2ccccc2)nc2sc(=O)[nH]c12. The van der Waals surface area contributed by atoms with Gasteiger partial charge >= 0.3 is 4.87 Å². The number of H-pyrrole nitrogens is 1. The number of hydrogen-bond donors (Lipinski definition) is 3. The minimum atomic E-state index is -0.167. The number of aromatic amines is 1. The van der Waals surface area contributed by atoms with Gasteiger partial charge in [-0.05, 0) is 12.5 Å². The molecule has 8 heteroatoms. The van der Waals surface area contributed by atoms with Crippen LogP contribution in [0.1, 0.15) is 12.5 Å². The highest BCUT2D eigenvalue weighted by atomic mass is 32.2. The number of aliphatic hydroxyl groups excluding tert-OH is 1. The van der Waals surface area contributed by atoms with Gasteiger partial charge in [-0.15, -0.1) is 0 Å². The zero-order valence-electron chi connectivity index (χ0n) is 12.4. The molecule has 0 unspecified atom stereocenters. The van der Waals surface area contributed by atoms with Crippen molar-refractivity contribution >= 4 is 39.3 Å². The van der Waals surface area contributed by atoms with Crippen molar-refractivity contribution in [1.29, 1.82) is 0 Å². The first kappa shape index (κ1) is 16.0. The number of hydrogen-bond acceptors (Lipinski definition) is 7. The molecule has 0 saturated heterocycles. The number of thioether (sulfide) groups is 1. The zero-order chi connectivity index (χ0) is 16.2. The number of aliphatic hydroxyl groups is 1. The lowest BCUT2D eigenvalue weighted by molar-refractivity contribution is 0.281. The summed E-state index contributed by atoms with van der Waals surface area (Å²) in [5.74, 6) is 1.30. The van der Waals surface area contributed by atoms with E-state index in [1.54, 1.807) is 0 Å². The maximum atomic E-state index is 11.6. The second kappa shape index (κ2) is 7.12. The molecule has 6 nitrogen and oxygen atoms in total. The second-order valence-corrected chi connectivity index (χ2v) is 6.96. The van der Waals surface area contributed by atoms with Gasteiger partial charge in [0.1, 0.15) is 5.52 Å². The summed E-state index contributed by atoms with van der Waals surface area (Å²) in [6.45, 7) is 1.82. The van der Waals surface area contributed by atoms with Crippen LogP contribution in [0.4, 0.5) is 5.82 Å². The Kier molecular flexibility index (Phi) is 4.94. The molecule has 3 rings (SSSR count). The molecule has 0 saturated carbocycles. The molecule has 0 amide bonds. The van der Waals surface area contributed by atoms with Gasteiger partial charge in [0.25, 0.3) is 0 Å². The van der Waals surface area contributed by atoms with Crippen LogP contribution in [0.3, 0.4) is 0 Å². The maximum Gasteiger partial charge on any atom is 0.307 e. The molecule has 2 aromatic heterocycles. The van der Waals surface area contributed by atoms with E-state index in [4.69, 9.17) is 0 Å². The predicted octanol–water partition coefficient (Wildman–Crippen LogP) is 2.46. The minimum Gasteiger partial charge on any atom is -0.394 e. The summed E-state index contributed by atoms with van der Waals surface area (Å²) >= 11 is 2.57. The number of thiazole rings is 1. The molecule has 0 aliphatic rings. The summed E-state index contributed by atoms with van der Waals surface area (Å²) < 4.78 is 0. The van der Waals surface area contributed by atoms with Gasteiger partial charge in [-0.1, -0.05) is 53.4 Å². The van der Waals surface area contributed by atoms with Gasteiger partial charge < -0.3 is 15.4 Å². The van der Waals surface area contributed by atoms with Crippen LogP contribution >= 0.6 is 23.1 Å². The number of nitrogens with one attached hydrogen (secondary N) is 2. The van der Waals surface area contributed by atoms with Crippen molar-refractivity contribution in [3.8, 4) is 0 Å².